The molecule has 0 spiro atoms. The van der Waals surface area contributed by atoms with Crippen LogP contribution >= 0.6 is 0 Å². The molecule has 2 aromatic rings. The van der Waals surface area contributed by atoms with E-state index in [1.807, 2.05) is 6.07 Å². The van der Waals surface area contributed by atoms with Crippen LogP contribution in [-0.4, -0.2) is 44.2 Å². The van der Waals surface area contributed by atoms with Crippen molar-refractivity contribution in [2.75, 3.05) is 24.2 Å². The molecule has 9 heteroatoms. The molecule has 1 aliphatic rings. The van der Waals surface area contributed by atoms with E-state index >= 15 is 0 Å². The van der Waals surface area contributed by atoms with Crippen LogP contribution in [0.2, 0.25) is 0 Å². The Hall–Kier alpha value is -2.91. The number of likely N-dealkylation sites (N-methyl/N-ethyl adjacent to an activating group) is 1. The van der Waals surface area contributed by atoms with Crippen LogP contribution in [0.1, 0.15) is 12.5 Å². The summed E-state index contributed by atoms with van der Waals surface area (Å²) in [7, 11) is -2.60. The maximum absolute atomic E-state index is 13.0. The molecule has 2 amide bonds. The third kappa shape index (κ3) is 4.00. The number of aryl methyl sites for hydroxylation is 1. The number of carbonyl (C=O) groups is 2. The number of fused-ring (bicyclic) bond motifs is 1. The largest absolute Gasteiger partial charge is 0.479 e. The number of carbonyl (C=O) groups excluding carboxylic acids is 2. The molecule has 148 valence electrons. The van der Waals surface area contributed by atoms with Crippen molar-refractivity contribution >= 4 is 33.2 Å². The highest BCUT2D eigenvalue weighted by molar-refractivity contribution is 7.89. The molecule has 1 heterocycles. The number of benzene rings is 2. The zero-order chi connectivity index (χ0) is 20.5. The van der Waals surface area contributed by atoms with Crippen LogP contribution in [0.5, 0.6) is 5.75 Å². The van der Waals surface area contributed by atoms with Crippen molar-refractivity contribution in [3.63, 3.8) is 0 Å². The second-order valence-electron chi connectivity index (χ2n) is 6.54. The number of ether oxygens (including phenoxy) is 1. The van der Waals surface area contributed by atoms with E-state index in [0.29, 0.717) is 16.9 Å². The van der Waals surface area contributed by atoms with Crippen LogP contribution in [0.4, 0.5) is 11.4 Å². The number of hydrogen-bond donors (Lipinski definition) is 2. The van der Waals surface area contributed by atoms with E-state index in [4.69, 9.17) is 4.74 Å². The van der Waals surface area contributed by atoms with Gasteiger partial charge in [0.25, 0.3) is 5.91 Å². The predicted octanol–water partition coefficient (Wildman–Crippen LogP) is 1.97. The van der Waals surface area contributed by atoms with Gasteiger partial charge in [0, 0.05) is 18.8 Å². The zero-order valence-electron chi connectivity index (χ0n) is 15.7. The van der Waals surface area contributed by atoms with Crippen molar-refractivity contribution in [3.05, 3.63) is 48.0 Å². The minimum Gasteiger partial charge on any atom is -0.479 e. The molecule has 0 fully saturated rings. The van der Waals surface area contributed by atoms with Gasteiger partial charge in [-0.2, -0.15) is 4.31 Å². The number of hydrogen-bond acceptors (Lipinski definition) is 5. The lowest BCUT2D eigenvalue weighted by atomic mass is 10.1. The summed E-state index contributed by atoms with van der Waals surface area (Å²) in [6.07, 6.45) is -0.722. The maximum Gasteiger partial charge on any atom is 0.265 e. The highest BCUT2D eigenvalue weighted by Crippen LogP contribution is 2.35. The van der Waals surface area contributed by atoms with Gasteiger partial charge < -0.3 is 15.4 Å². The number of para-hydroxylation sites is 1. The number of rotatable bonds is 5. The lowest BCUT2D eigenvalue weighted by Crippen LogP contribution is -2.36. The summed E-state index contributed by atoms with van der Waals surface area (Å²) in [4.78, 5) is 23.9. The molecule has 1 atom stereocenters. The Morgan fingerprint density at radius 1 is 1.25 bits per heavy atom. The summed E-state index contributed by atoms with van der Waals surface area (Å²) in [5.74, 6) is -0.472. The molecular formula is C19H21N3O5S. The topological polar surface area (TPSA) is 105 Å². The van der Waals surface area contributed by atoms with Gasteiger partial charge in [-0.05, 0) is 37.6 Å². The summed E-state index contributed by atoms with van der Waals surface area (Å²) >= 11 is 0. The summed E-state index contributed by atoms with van der Waals surface area (Å²) in [6, 6.07) is 11.7. The van der Waals surface area contributed by atoms with Crippen LogP contribution in [0.15, 0.2) is 47.4 Å². The van der Waals surface area contributed by atoms with Crippen molar-refractivity contribution in [3.8, 4) is 5.75 Å². The van der Waals surface area contributed by atoms with Gasteiger partial charge in [-0.3, -0.25) is 9.59 Å². The van der Waals surface area contributed by atoms with Crippen molar-refractivity contribution < 1.29 is 22.7 Å². The first-order valence-electron chi connectivity index (χ1n) is 8.62. The van der Waals surface area contributed by atoms with Gasteiger partial charge in [0.2, 0.25) is 15.9 Å². The van der Waals surface area contributed by atoms with Gasteiger partial charge in [0.15, 0.2) is 6.10 Å². The molecule has 0 saturated heterocycles. The average Bonchev–Trinajstić information content (AvgIpc) is 2.63. The lowest BCUT2D eigenvalue weighted by molar-refractivity contribution is -0.122. The third-order valence-corrected chi connectivity index (χ3v) is 6.27. The molecule has 8 nitrogen and oxygen atoms in total. The predicted molar refractivity (Wildman–Crippen MR) is 105 cm³/mol. The zero-order valence-corrected chi connectivity index (χ0v) is 16.5. The fourth-order valence-corrected chi connectivity index (χ4v) is 4.14. The SMILES string of the molecule is Cc1cc2c(cc1S(=O)(=O)N(C)CC(=O)Nc1ccccc1)OC(C)C(=O)N2. The van der Waals surface area contributed by atoms with Gasteiger partial charge in [-0.1, -0.05) is 18.2 Å². The van der Waals surface area contributed by atoms with E-state index in [1.54, 1.807) is 44.2 Å². The van der Waals surface area contributed by atoms with Crippen molar-refractivity contribution in [2.45, 2.75) is 24.8 Å². The van der Waals surface area contributed by atoms with E-state index < -0.39 is 22.0 Å². The highest BCUT2D eigenvalue weighted by Gasteiger charge is 2.30. The van der Waals surface area contributed by atoms with Crippen molar-refractivity contribution in [1.29, 1.82) is 0 Å². The van der Waals surface area contributed by atoms with E-state index in [2.05, 4.69) is 10.6 Å². The molecule has 1 aliphatic heterocycles. The quantitative estimate of drug-likeness (QED) is 0.794. The summed E-state index contributed by atoms with van der Waals surface area (Å²) in [6.45, 7) is 2.85. The minimum atomic E-state index is -3.94. The van der Waals surface area contributed by atoms with Crippen LogP contribution in [0.3, 0.4) is 0 Å². The van der Waals surface area contributed by atoms with Gasteiger partial charge in [0.05, 0.1) is 17.1 Å². The molecule has 28 heavy (non-hydrogen) atoms. The third-order valence-electron chi connectivity index (χ3n) is 4.32. The van der Waals surface area contributed by atoms with E-state index in [9.17, 15) is 18.0 Å². The molecule has 3 rings (SSSR count). The number of anilines is 2. The summed E-state index contributed by atoms with van der Waals surface area (Å²) in [5, 5.41) is 5.34. The monoisotopic (exact) mass is 403 g/mol. The number of nitrogens with one attached hydrogen (secondary N) is 2. The minimum absolute atomic E-state index is 0.0182. The molecule has 2 N–H and O–H groups in total. The lowest BCUT2D eigenvalue weighted by Gasteiger charge is -2.25. The standard InChI is InChI=1S/C19H21N3O5S/c1-12-9-15-16(27-13(2)19(24)21-15)10-17(12)28(25,26)22(3)11-18(23)20-14-7-5-4-6-8-14/h4-10,13H,11H2,1-3H3,(H,20,23)(H,21,24). The Morgan fingerprint density at radius 2 is 1.93 bits per heavy atom. The maximum atomic E-state index is 13.0. The highest BCUT2D eigenvalue weighted by atomic mass is 32.2. The first-order valence-corrected chi connectivity index (χ1v) is 10.1. The van der Waals surface area contributed by atoms with E-state index in [0.717, 1.165) is 4.31 Å². The van der Waals surface area contributed by atoms with Crippen molar-refractivity contribution in [1.82, 2.24) is 4.31 Å². The Labute approximate surface area is 163 Å². The number of sulfonamides is 1. The molecule has 0 aromatic heterocycles. The molecular weight excluding hydrogens is 382 g/mol. The van der Waals surface area contributed by atoms with Crippen molar-refractivity contribution in [2.24, 2.45) is 0 Å². The second kappa shape index (κ2) is 7.61. The summed E-state index contributed by atoms with van der Waals surface area (Å²) < 4.78 is 32.4. The number of amides is 2. The Morgan fingerprint density at radius 3 is 2.61 bits per heavy atom. The molecule has 2 aromatic carbocycles. The number of nitrogens with zero attached hydrogens (tertiary/aromatic N) is 1. The molecule has 0 radical (unpaired) electrons. The van der Waals surface area contributed by atoms with Gasteiger partial charge >= 0.3 is 0 Å². The van der Waals surface area contributed by atoms with Crippen LogP contribution in [-0.2, 0) is 19.6 Å². The van der Waals surface area contributed by atoms with E-state index in [1.165, 1.54) is 13.1 Å². The van der Waals surface area contributed by atoms with Crippen LogP contribution < -0.4 is 15.4 Å². The summed E-state index contributed by atoms with van der Waals surface area (Å²) in [5.41, 5.74) is 1.44. The Balaban J connectivity index is 1.81. The van der Waals surface area contributed by atoms with E-state index in [-0.39, 0.29) is 23.1 Å². The molecule has 0 saturated carbocycles. The smallest absolute Gasteiger partial charge is 0.265 e. The first kappa shape index (κ1) is 19.8. The Kier molecular flexibility index (Phi) is 5.39. The first-order chi connectivity index (χ1) is 13.2. The fourth-order valence-electron chi connectivity index (χ4n) is 2.80. The van der Waals surface area contributed by atoms with Gasteiger partial charge in [0.1, 0.15) is 5.75 Å². The molecule has 1 unspecified atom stereocenters. The van der Waals surface area contributed by atoms with Crippen LogP contribution in [0.25, 0.3) is 0 Å². The second-order valence-corrected chi connectivity index (χ2v) is 8.55. The van der Waals surface area contributed by atoms with Gasteiger partial charge in [-0.25, -0.2) is 8.42 Å². The molecule has 0 bridgehead atoms. The average molecular weight is 403 g/mol. The molecule has 0 aliphatic carbocycles. The van der Waals surface area contributed by atoms with Gasteiger partial charge in [-0.15, -0.1) is 0 Å². The normalized spacial score (nSPS) is 16.1. The van der Waals surface area contributed by atoms with Crippen LogP contribution in [0, 0.1) is 6.92 Å². The fraction of sp³-hybridized carbons (Fsp3) is 0.263. The Bertz CT molecular complexity index is 1020.